The zero-order chi connectivity index (χ0) is 12.8. The molecular formula is C15H16OS. The fraction of sp³-hybridized carbons (Fsp3) is 0.133. The standard InChI is InChI=1S/C15H16OS/c1-5-9-13-11(7-3)15(16)12(8-4)14(17-13)10-6-2/h5-10H,1,4H2,2-3H3/b10-6-,11-7+,13-9+. The molecule has 17 heavy (non-hydrogen) atoms. The normalized spacial score (nSPS) is 13.3. The summed E-state index contributed by atoms with van der Waals surface area (Å²) < 4.78 is 0.936. The van der Waals surface area contributed by atoms with Gasteiger partial charge in [-0.15, -0.1) is 11.3 Å². The summed E-state index contributed by atoms with van der Waals surface area (Å²) in [5, 5.41) is 0.720. The molecule has 0 N–H and O–H groups in total. The second-order valence-corrected chi connectivity index (χ2v) is 4.47. The van der Waals surface area contributed by atoms with Crippen LogP contribution in [0.4, 0.5) is 0 Å². The monoisotopic (exact) mass is 244 g/mol. The Kier molecular flexibility index (Phi) is 4.85. The topological polar surface area (TPSA) is 17.1 Å². The summed E-state index contributed by atoms with van der Waals surface area (Å²) in [6.07, 6.45) is 10.9. The molecular weight excluding hydrogens is 228 g/mol. The van der Waals surface area contributed by atoms with Gasteiger partial charge >= 0.3 is 0 Å². The molecule has 1 aromatic rings. The number of hydrogen-bond donors (Lipinski definition) is 0. The largest absolute Gasteiger partial charge is 0.289 e. The van der Waals surface area contributed by atoms with Crippen molar-refractivity contribution in [2.24, 2.45) is 0 Å². The van der Waals surface area contributed by atoms with E-state index in [9.17, 15) is 4.79 Å². The van der Waals surface area contributed by atoms with Gasteiger partial charge in [-0.2, -0.15) is 0 Å². The van der Waals surface area contributed by atoms with Crippen LogP contribution < -0.4 is 15.2 Å². The first kappa shape index (κ1) is 13.4. The molecule has 0 aliphatic heterocycles. The summed E-state index contributed by atoms with van der Waals surface area (Å²) in [7, 11) is 0. The van der Waals surface area contributed by atoms with Gasteiger partial charge in [0.2, 0.25) is 0 Å². The molecule has 0 amide bonds. The van der Waals surface area contributed by atoms with Gasteiger partial charge in [-0.3, -0.25) is 4.79 Å². The van der Waals surface area contributed by atoms with Crippen molar-refractivity contribution in [3.8, 4) is 0 Å². The van der Waals surface area contributed by atoms with Crippen LogP contribution in [0.2, 0.25) is 0 Å². The molecule has 0 spiro atoms. The highest BCUT2D eigenvalue weighted by molar-refractivity contribution is 7.10. The molecule has 88 valence electrons. The van der Waals surface area contributed by atoms with Gasteiger partial charge in [0.25, 0.3) is 0 Å². The van der Waals surface area contributed by atoms with Gasteiger partial charge in [-0.25, -0.2) is 0 Å². The SMILES string of the molecule is C=C/C=c1/sc(/C=C\C)c(C=C)c(=O)/c1=C/C. The van der Waals surface area contributed by atoms with E-state index < -0.39 is 0 Å². The van der Waals surface area contributed by atoms with Crippen molar-refractivity contribution in [2.75, 3.05) is 0 Å². The first-order valence-corrected chi connectivity index (χ1v) is 6.22. The van der Waals surface area contributed by atoms with Crippen molar-refractivity contribution in [1.82, 2.24) is 0 Å². The van der Waals surface area contributed by atoms with Gasteiger partial charge in [-0.05, 0) is 26.0 Å². The molecule has 1 aromatic heterocycles. The van der Waals surface area contributed by atoms with Crippen LogP contribution in [0.3, 0.4) is 0 Å². The van der Waals surface area contributed by atoms with E-state index in [1.165, 1.54) is 0 Å². The number of rotatable bonds is 3. The highest BCUT2D eigenvalue weighted by atomic mass is 32.1. The molecule has 0 aliphatic rings. The lowest BCUT2D eigenvalue weighted by molar-refractivity contribution is 1.47. The summed E-state index contributed by atoms with van der Waals surface area (Å²) in [4.78, 5) is 13.2. The Balaban J connectivity index is 3.94. The Labute approximate surface area is 105 Å². The molecule has 0 aromatic carbocycles. The maximum Gasteiger partial charge on any atom is 0.195 e. The maximum atomic E-state index is 12.2. The molecule has 0 aliphatic carbocycles. The summed E-state index contributed by atoms with van der Waals surface area (Å²) in [5.74, 6) is 0. The van der Waals surface area contributed by atoms with Crippen LogP contribution in [-0.4, -0.2) is 0 Å². The van der Waals surface area contributed by atoms with Crippen LogP contribution in [0, 0.1) is 0 Å². The molecule has 0 atom stereocenters. The highest BCUT2D eigenvalue weighted by Gasteiger charge is 2.04. The number of hydrogen-bond acceptors (Lipinski definition) is 2. The van der Waals surface area contributed by atoms with Gasteiger partial charge in [0.05, 0.1) is 0 Å². The molecule has 1 heterocycles. The molecule has 0 saturated heterocycles. The van der Waals surface area contributed by atoms with Crippen molar-refractivity contribution < 1.29 is 0 Å². The fourth-order valence-electron chi connectivity index (χ4n) is 1.57. The third-order valence-electron chi connectivity index (χ3n) is 2.32. The Morgan fingerprint density at radius 1 is 1.24 bits per heavy atom. The Morgan fingerprint density at radius 3 is 2.41 bits per heavy atom. The third kappa shape index (κ3) is 2.71. The minimum atomic E-state index is 0.0300. The maximum absolute atomic E-state index is 12.2. The van der Waals surface area contributed by atoms with E-state index in [0.717, 1.165) is 14.6 Å². The zero-order valence-electron chi connectivity index (χ0n) is 10.2. The van der Waals surface area contributed by atoms with Gasteiger partial charge < -0.3 is 0 Å². The van der Waals surface area contributed by atoms with Crippen LogP contribution in [0.1, 0.15) is 24.3 Å². The van der Waals surface area contributed by atoms with Gasteiger partial charge in [0.1, 0.15) is 0 Å². The minimum absolute atomic E-state index is 0.0300. The minimum Gasteiger partial charge on any atom is -0.289 e. The van der Waals surface area contributed by atoms with Crippen molar-refractivity contribution >= 4 is 35.6 Å². The molecule has 0 saturated carbocycles. The first-order valence-electron chi connectivity index (χ1n) is 5.40. The van der Waals surface area contributed by atoms with E-state index in [1.54, 1.807) is 23.5 Å². The Bertz CT molecular complexity index is 630. The molecule has 1 rings (SSSR count). The Hall–Kier alpha value is -1.67. The summed E-state index contributed by atoms with van der Waals surface area (Å²) in [6.45, 7) is 11.2. The van der Waals surface area contributed by atoms with E-state index >= 15 is 0 Å². The lowest BCUT2D eigenvalue weighted by Crippen LogP contribution is -2.38. The molecule has 0 bridgehead atoms. The third-order valence-corrected chi connectivity index (χ3v) is 3.47. The zero-order valence-corrected chi connectivity index (χ0v) is 11.0. The second kappa shape index (κ2) is 6.16. The van der Waals surface area contributed by atoms with Crippen molar-refractivity contribution in [3.63, 3.8) is 0 Å². The predicted octanol–water partition coefficient (Wildman–Crippen LogP) is 2.55. The van der Waals surface area contributed by atoms with E-state index in [4.69, 9.17) is 0 Å². The van der Waals surface area contributed by atoms with Gasteiger partial charge in [-0.1, -0.05) is 37.5 Å². The Morgan fingerprint density at radius 2 is 1.94 bits per heavy atom. The molecule has 2 heteroatoms. The van der Waals surface area contributed by atoms with E-state index in [0.29, 0.717) is 5.56 Å². The average Bonchev–Trinajstić information content (AvgIpc) is 2.30. The van der Waals surface area contributed by atoms with Crippen LogP contribution in [0.5, 0.6) is 0 Å². The van der Waals surface area contributed by atoms with Gasteiger partial charge in [0.15, 0.2) is 5.43 Å². The van der Waals surface area contributed by atoms with E-state index in [2.05, 4.69) is 13.2 Å². The smallest absolute Gasteiger partial charge is 0.195 e. The fourth-order valence-corrected chi connectivity index (χ4v) is 2.78. The average molecular weight is 244 g/mol. The van der Waals surface area contributed by atoms with Crippen LogP contribution in [0.25, 0.3) is 24.3 Å². The molecule has 0 fully saturated rings. The van der Waals surface area contributed by atoms with Crippen molar-refractivity contribution in [1.29, 1.82) is 0 Å². The quantitative estimate of drug-likeness (QED) is 0.798. The summed E-state index contributed by atoms with van der Waals surface area (Å²) >= 11 is 1.57. The molecule has 0 unspecified atom stereocenters. The summed E-state index contributed by atoms with van der Waals surface area (Å²) in [5.41, 5.74) is 0.699. The van der Waals surface area contributed by atoms with E-state index in [-0.39, 0.29) is 5.43 Å². The second-order valence-electron chi connectivity index (χ2n) is 3.38. The molecule has 0 radical (unpaired) electrons. The number of allylic oxidation sites excluding steroid dienone is 2. The van der Waals surface area contributed by atoms with Crippen molar-refractivity contribution in [2.45, 2.75) is 13.8 Å². The van der Waals surface area contributed by atoms with Crippen LogP contribution in [0.15, 0.2) is 30.1 Å². The lowest BCUT2D eigenvalue weighted by Gasteiger charge is -2.00. The lowest BCUT2D eigenvalue weighted by atomic mass is 10.2. The predicted molar refractivity (Wildman–Crippen MR) is 79.4 cm³/mol. The summed E-state index contributed by atoms with van der Waals surface area (Å²) in [6, 6.07) is 0. The highest BCUT2D eigenvalue weighted by Crippen LogP contribution is 2.09. The molecule has 1 nitrogen and oxygen atoms in total. The van der Waals surface area contributed by atoms with Gasteiger partial charge in [0, 0.05) is 20.2 Å². The van der Waals surface area contributed by atoms with Crippen molar-refractivity contribution in [3.05, 3.63) is 55.7 Å². The van der Waals surface area contributed by atoms with Crippen LogP contribution >= 0.6 is 11.3 Å². The first-order chi connectivity index (χ1) is 8.19. The van der Waals surface area contributed by atoms with E-state index in [1.807, 2.05) is 38.2 Å². The van der Waals surface area contributed by atoms with Crippen LogP contribution in [-0.2, 0) is 0 Å².